The molecule has 1 N–H and O–H groups in total. The number of unbranched alkanes of at least 4 members (excludes halogenated alkanes) is 3. The van der Waals surface area contributed by atoms with Gasteiger partial charge >= 0.3 is 0 Å². The smallest absolute Gasteiger partial charge is 0.243 e. The van der Waals surface area contributed by atoms with E-state index in [0.29, 0.717) is 6.04 Å². The van der Waals surface area contributed by atoms with Crippen molar-refractivity contribution in [2.24, 2.45) is 4.99 Å². The summed E-state index contributed by atoms with van der Waals surface area (Å²) in [6.07, 6.45) is 11.6. The lowest BCUT2D eigenvalue weighted by atomic mass is 10.2. The Morgan fingerprint density at radius 1 is 1.22 bits per heavy atom. The van der Waals surface area contributed by atoms with Crippen molar-refractivity contribution >= 4 is 11.9 Å². The largest absolute Gasteiger partial charge is 0.354 e. The Labute approximate surface area is 141 Å². The van der Waals surface area contributed by atoms with Crippen LogP contribution < -0.4 is 5.32 Å². The van der Waals surface area contributed by atoms with Crippen molar-refractivity contribution in [3.05, 3.63) is 12.7 Å². The van der Waals surface area contributed by atoms with Crippen molar-refractivity contribution in [2.75, 3.05) is 34.2 Å². The first kappa shape index (κ1) is 19.5. The summed E-state index contributed by atoms with van der Waals surface area (Å²) in [6, 6.07) is 0.506. The van der Waals surface area contributed by atoms with Gasteiger partial charge in [0, 0.05) is 33.7 Å². The van der Waals surface area contributed by atoms with Gasteiger partial charge in [-0.15, -0.1) is 6.58 Å². The van der Waals surface area contributed by atoms with E-state index in [1.165, 1.54) is 38.5 Å². The molecule has 0 atom stereocenters. The van der Waals surface area contributed by atoms with Gasteiger partial charge in [-0.05, 0) is 32.1 Å². The Balaban J connectivity index is 2.52. The average Bonchev–Trinajstić information content (AvgIpc) is 3.03. The topological polar surface area (TPSA) is 47.9 Å². The number of hydrogen-bond acceptors (Lipinski definition) is 2. The van der Waals surface area contributed by atoms with Gasteiger partial charge in [-0.2, -0.15) is 0 Å². The van der Waals surface area contributed by atoms with Crippen LogP contribution in [0.3, 0.4) is 0 Å². The molecule has 1 fully saturated rings. The average molecular weight is 322 g/mol. The van der Waals surface area contributed by atoms with Gasteiger partial charge in [-0.3, -0.25) is 4.79 Å². The van der Waals surface area contributed by atoms with Crippen molar-refractivity contribution < 1.29 is 4.79 Å². The number of amides is 1. The summed E-state index contributed by atoms with van der Waals surface area (Å²) in [5, 5.41) is 3.55. The number of carbonyl (C=O) groups excluding carboxylic acids is 1. The number of nitrogens with zero attached hydrogens (tertiary/aromatic N) is 3. The van der Waals surface area contributed by atoms with Gasteiger partial charge in [-0.25, -0.2) is 4.99 Å². The molecule has 23 heavy (non-hydrogen) atoms. The molecule has 132 valence electrons. The van der Waals surface area contributed by atoms with Crippen LogP contribution in [-0.4, -0.2) is 61.9 Å². The van der Waals surface area contributed by atoms with Crippen LogP contribution in [0.25, 0.3) is 0 Å². The first-order valence-electron chi connectivity index (χ1n) is 8.87. The lowest BCUT2D eigenvalue weighted by molar-refractivity contribution is -0.127. The zero-order valence-corrected chi connectivity index (χ0v) is 15.2. The molecule has 5 nitrogen and oxygen atoms in total. The Hall–Kier alpha value is -1.52. The summed E-state index contributed by atoms with van der Waals surface area (Å²) in [6.45, 7) is 4.93. The minimum absolute atomic E-state index is 0.0371. The summed E-state index contributed by atoms with van der Waals surface area (Å²) >= 11 is 0. The summed E-state index contributed by atoms with van der Waals surface area (Å²) < 4.78 is 0. The minimum Gasteiger partial charge on any atom is -0.354 e. The highest BCUT2D eigenvalue weighted by atomic mass is 16.2. The number of rotatable bonds is 9. The van der Waals surface area contributed by atoms with E-state index < -0.39 is 0 Å². The van der Waals surface area contributed by atoms with Crippen LogP contribution in [0, 0.1) is 0 Å². The van der Waals surface area contributed by atoms with Crippen molar-refractivity contribution in [1.29, 1.82) is 0 Å². The van der Waals surface area contributed by atoms with Crippen LogP contribution in [0.5, 0.6) is 0 Å². The van der Waals surface area contributed by atoms with E-state index in [1.807, 2.05) is 6.08 Å². The quantitative estimate of drug-likeness (QED) is 0.307. The number of aliphatic imine (C=N–C) groups is 1. The molecule has 0 aliphatic heterocycles. The monoisotopic (exact) mass is 322 g/mol. The first-order chi connectivity index (χ1) is 11.0. The third-order valence-electron chi connectivity index (χ3n) is 4.31. The summed E-state index contributed by atoms with van der Waals surface area (Å²) in [4.78, 5) is 20.1. The van der Waals surface area contributed by atoms with Gasteiger partial charge in [0.2, 0.25) is 5.91 Å². The maximum Gasteiger partial charge on any atom is 0.243 e. The number of hydrogen-bond donors (Lipinski definition) is 1. The molecule has 0 unspecified atom stereocenters. The van der Waals surface area contributed by atoms with E-state index in [9.17, 15) is 4.79 Å². The number of likely N-dealkylation sites (N-methyl/N-ethyl adjacent to an activating group) is 1. The van der Waals surface area contributed by atoms with E-state index in [1.54, 1.807) is 19.0 Å². The molecule has 1 aliphatic rings. The zero-order chi connectivity index (χ0) is 17.1. The number of allylic oxidation sites excluding steroid dienone is 1. The molecular formula is C18H34N4O. The number of nitrogens with one attached hydrogen (secondary N) is 1. The minimum atomic E-state index is 0.0371. The fourth-order valence-corrected chi connectivity index (χ4v) is 2.73. The van der Waals surface area contributed by atoms with Crippen LogP contribution in [0.2, 0.25) is 0 Å². The molecule has 0 spiro atoms. The summed E-state index contributed by atoms with van der Waals surface area (Å²) in [5.41, 5.74) is 0. The van der Waals surface area contributed by atoms with Crippen LogP contribution in [-0.2, 0) is 4.79 Å². The highest BCUT2D eigenvalue weighted by Gasteiger charge is 2.18. The maximum absolute atomic E-state index is 11.8. The van der Waals surface area contributed by atoms with Crippen LogP contribution >= 0.6 is 0 Å². The van der Waals surface area contributed by atoms with Crippen molar-refractivity contribution in [3.8, 4) is 0 Å². The fourth-order valence-electron chi connectivity index (χ4n) is 2.73. The third kappa shape index (κ3) is 8.05. The van der Waals surface area contributed by atoms with E-state index >= 15 is 0 Å². The number of guanidine groups is 1. The Morgan fingerprint density at radius 2 is 1.91 bits per heavy atom. The summed E-state index contributed by atoms with van der Waals surface area (Å²) in [5.74, 6) is 0.908. The molecular weight excluding hydrogens is 288 g/mol. The fraction of sp³-hybridized carbons (Fsp3) is 0.778. The molecule has 1 saturated carbocycles. The van der Waals surface area contributed by atoms with Crippen LogP contribution in [0.15, 0.2) is 17.6 Å². The second kappa shape index (κ2) is 11.1. The van der Waals surface area contributed by atoms with Crippen LogP contribution in [0.1, 0.15) is 51.4 Å². The molecule has 0 aromatic heterocycles. The molecule has 1 amide bonds. The SMILES string of the molecule is C=CCCCCCN(C)C(=NCC(=O)N(C)C)NC1CCCC1. The van der Waals surface area contributed by atoms with Gasteiger partial charge < -0.3 is 15.1 Å². The second-order valence-electron chi connectivity index (χ2n) is 6.61. The van der Waals surface area contributed by atoms with Gasteiger partial charge in [-0.1, -0.05) is 25.3 Å². The lowest BCUT2D eigenvalue weighted by Gasteiger charge is -2.25. The maximum atomic E-state index is 11.8. The zero-order valence-electron chi connectivity index (χ0n) is 15.2. The van der Waals surface area contributed by atoms with Crippen LogP contribution in [0.4, 0.5) is 0 Å². The highest BCUT2D eigenvalue weighted by molar-refractivity contribution is 5.84. The van der Waals surface area contributed by atoms with E-state index in [4.69, 9.17) is 0 Å². The van der Waals surface area contributed by atoms with Gasteiger partial charge in [0.15, 0.2) is 5.96 Å². The summed E-state index contributed by atoms with van der Waals surface area (Å²) in [7, 11) is 5.60. The molecule has 0 heterocycles. The molecule has 0 saturated heterocycles. The second-order valence-corrected chi connectivity index (χ2v) is 6.61. The predicted molar refractivity (Wildman–Crippen MR) is 97.7 cm³/mol. The van der Waals surface area contributed by atoms with E-state index in [-0.39, 0.29) is 12.5 Å². The van der Waals surface area contributed by atoms with Gasteiger partial charge in [0.1, 0.15) is 6.54 Å². The van der Waals surface area contributed by atoms with E-state index in [2.05, 4.69) is 28.8 Å². The Morgan fingerprint density at radius 3 is 2.52 bits per heavy atom. The van der Waals surface area contributed by atoms with Gasteiger partial charge in [0.05, 0.1) is 0 Å². The molecule has 1 rings (SSSR count). The molecule has 5 heteroatoms. The Bertz CT molecular complexity index is 386. The molecule has 1 aliphatic carbocycles. The molecule has 0 bridgehead atoms. The first-order valence-corrected chi connectivity index (χ1v) is 8.87. The highest BCUT2D eigenvalue weighted by Crippen LogP contribution is 2.17. The van der Waals surface area contributed by atoms with Crippen molar-refractivity contribution in [2.45, 2.75) is 57.4 Å². The number of carbonyl (C=O) groups is 1. The molecule has 0 aromatic carbocycles. The van der Waals surface area contributed by atoms with E-state index in [0.717, 1.165) is 25.3 Å². The molecule has 0 aromatic rings. The van der Waals surface area contributed by atoms with Gasteiger partial charge in [0.25, 0.3) is 0 Å². The standard InChI is InChI=1S/C18H34N4O/c1-5-6-7-8-11-14-22(4)18(19-15-17(23)21(2)3)20-16-12-9-10-13-16/h5,16H,1,6-15H2,2-4H3,(H,19,20). The Kier molecular flexibility index (Phi) is 9.41. The predicted octanol–water partition coefficient (Wildman–Crippen LogP) is 2.64. The van der Waals surface area contributed by atoms with Crippen molar-refractivity contribution in [3.63, 3.8) is 0 Å². The third-order valence-corrected chi connectivity index (χ3v) is 4.31. The van der Waals surface area contributed by atoms with Crippen molar-refractivity contribution in [1.82, 2.24) is 15.1 Å². The molecule has 0 radical (unpaired) electrons. The lowest BCUT2D eigenvalue weighted by Crippen LogP contribution is -2.44. The normalized spacial score (nSPS) is 15.5.